The Labute approximate surface area is 110 Å². The van der Waals surface area contributed by atoms with Crippen molar-refractivity contribution in [1.29, 1.82) is 0 Å². The van der Waals surface area contributed by atoms with Gasteiger partial charge in [0.25, 0.3) is 5.91 Å². The van der Waals surface area contributed by atoms with Crippen molar-refractivity contribution in [3.8, 4) is 11.8 Å². The molecule has 0 saturated heterocycles. The number of aromatic nitrogens is 2. The Bertz CT molecular complexity index is 633. The van der Waals surface area contributed by atoms with Crippen LogP contribution in [0.15, 0.2) is 36.7 Å². The largest absolute Gasteiger partial charge is 0.384 e. The molecule has 19 heavy (non-hydrogen) atoms. The van der Waals surface area contributed by atoms with E-state index in [1.807, 2.05) is 0 Å². The second kappa shape index (κ2) is 5.85. The lowest BCUT2D eigenvalue weighted by Gasteiger charge is -2.02. The monoisotopic (exact) mass is 255 g/mol. The van der Waals surface area contributed by atoms with Gasteiger partial charge in [-0.1, -0.05) is 11.8 Å². The lowest BCUT2D eigenvalue weighted by atomic mass is 10.1. The van der Waals surface area contributed by atoms with Crippen LogP contribution in [0.1, 0.15) is 15.9 Å². The molecule has 0 spiro atoms. The molecule has 0 saturated carbocycles. The number of hydrogen-bond donors (Lipinski definition) is 2. The quantitative estimate of drug-likeness (QED) is 0.787. The summed E-state index contributed by atoms with van der Waals surface area (Å²) in [7, 11) is 1.78. The smallest absolute Gasteiger partial charge is 0.255 e. The SMILES string of the molecule is Cn1cc(NC(=O)c2ccc(C#CCO)cc2)cn1. The molecule has 0 aliphatic heterocycles. The summed E-state index contributed by atoms with van der Waals surface area (Å²) in [5.41, 5.74) is 1.95. The van der Waals surface area contributed by atoms with E-state index < -0.39 is 0 Å². The number of aryl methyl sites for hydroxylation is 1. The van der Waals surface area contributed by atoms with Crippen molar-refractivity contribution in [2.45, 2.75) is 0 Å². The van der Waals surface area contributed by atoms with Gasteiger partial charge in [-0.3, -0.25) is 9.48 Å². The van der Waals surface area contributed by atoms with Gasteiger partial charge in [0.05, 0.1) is 11.9 Å². The van der Waals surface area contributed by atoms with Crippen molar-refractivity contribution in [3.63, 3.8) is 0 Å². The summed E-state index contributed by atoms with van der Waals surface area (Å²) in [5, 5.41) is 15.3. The minimum atomic E-state index is -0.199. The standard InChI is InChI=1S/C14H13N3O2/c1-17-10-13(9-15-17)16-14(19)12-6-4-11(5-7-12)3-2-8-18/h4-7,9-10,18H,8H2,1H3,(H,16,19). The fourth-order valence-corrected chi connectivity index (χ4v) is 1.54. The van der Waals surface area contributed by atoms with Gasteiger partial charge in [-0.25, -0.2) is 0 Å². The average molecular weight is 255 g/mol. The van der Waals surface area contributed by atoms with E-state index in [-0.39, 0.29) is 12.5 Å². The van der Waals surface area contributed by atoms with E-state index >= 15 is 0 Å². The van der Waals surface area contributed by atoms with Crippen LogP contribution in [0.3, 0.4) is 0 Å². The number of hydrogen-bond acceptors (Lipinski definition) is 3. The zero-order chi connectivity index (χ0) is 13.7. The molecule has 5 nitrogen and oxygen atoms in total. The number of anilines is 1. The van der Waals surface area contributed by atoms with Gasteiger partial charge in [-0.05, 0) is 24.3 Å². The van der Waals surface area contributed by atoms with E-state index in [2.05, 4.69) is 22.3 Å². The van der Waals surface area contributed by atoms with Crippen molar-refractivity contribution in [1.82, 2.24) is 9.78 Å². The van der Waals surface area contributed by atoms with Gasteiger partial charge < -0.3 is 10.4 Å². The predicted molar refractivity (Wildman–Crippen MR) is 71.6 cm³/mol. The third-order valence-corrected chi connectivity index (χ3v) is 2.42. The molecule has 0 aliphatic carbocycles. The van der Waals surface area contributed by atoms with Crippen molar-refractivity contribution < 1.29 is 9.90 Å². The second-order valence-corrected chi connectivity index (χ2v) is 3.89. The fourth-order valence-electron chi connectivity index (χ4n) is 1.54. The number of carbonyl (C=O) groups excluding carboxylic acids is 1. The molecule has 0 fully saturated rings. The molecule has 1 aromatic heterocycles. The number of nitrogens with zero attached hydrogens (tertiary/aromatic N) is 2. The van der Waals surface area contributed by atoms with Crippen molar-refractivity contribution >= 4 is 11.6 Å². The number of amides is 1. The van der Waals surface area contributed by atoms with Crippen LogP contribution in [0.2, 0.25) is 0 Å². The van der Waals surface area contributed by atoms with Crippen LogP contribution in [0, 0.1) is 11.8 Å². The number of aliphatic hydroxyl groups excluding tert-OH is 1. The Morgan fingerprint density at radius 1 is 1.42 bits per heavy atom. The average Bonchev–Trinajstić information content (AvgIpc) is 2.82. The molecule has 2 rings (SSSR count). The number of rotatable bonds is 2. The molecule has 2 aromatic rings. The number of benzene rings is 1. The van der Waals surface area contributed by atoms with E-state index in [1.165, 1.54) is 0 Å². The predicted octanol–water partition coefficient (Wildman–Crippen LogP) is 1.02. The Morgan fingerprint density at radius 2 is 2.16 bits per heavy atom. The van der Waals surface area contributed by atoms with E-state index in [0.29, 0.717) is 11.3 Å². The molecular weight excluding hydrogens is 242 g/mol. The summed E-state index contributed by atoms with van der Waals surface area (Å²) in [6.07, 6.45) is 3.30. The summed E-state index contributed by atoms with van der Waals surface area (Å²) in [5.74, 6) is 5.12. The van der Waals surface area contributed by atoms with Crippen LogP contribution in [0.5, 0.6) is 0 Å². The van der Waals surface area contributed by atoms with Gasteiger partial charge in [0, 0.05) is 24.4 Å². The first kappa shape index (κ1) is 12.9. The third kappa shape index (κ3) is 3.44. The number of aliphatic hydroxyl groups is 1. The van der Waals surface area contributed by atoms with Crippen LogP contribution < -0.4 is 5.32 Å². The van der Waals surface area contributed by atoms with E-state index in [1.54, 1.807) is 48.4 Å². The first-order valence-corrected chi connectivity index (χ1v) is 5.69. The highest BCUT2D eigenvalue weighted by Gasteiger charge is 2.06. The summed E-state index contributed by atoms with van der Waals surface area (Å²) in [6.45, 7) is -0.177. The summed E-state index contributed by atoms with van der Waals surface area (Å²) < 4.78 is 1.61. The normalized spacial score (nSPS) is 9.58. The Morgan fingerprint density at radius 3 is 2.74 bits per heavy atom. The first-order chi connectivity index (χ1) is 9.19. The number of nitrogens with one attached hydrogen (secondary N) is 1. The molecule has 1 amide bonds. The summed E-state index contributed by atoms with van der Waals surface area (Å²) in [6, 6.07) is 6.85. The zero-order valence-electron chi connectivity index (χ0n) is 10.4. The van der Waals surface area contributed by atoms with Crippen molar-refractivity contribution in [2.24, 2.45) is 7.05 Å². The molecule has 2 N–H and O–H groups in total. The van der Waals surface area contributed by atoms with E-state index in [0.717, 1.165) is 5.56 Å². The zero-order valence-corrected chi connectivity index (χ0v) is 10.4. The van der Waals surface area contributed by atoms with E-state index in [9.17, 15) is 4.79 Å². The maximum absolute atomic E-state index is 11.9. The second-order valence-electron chi connectivity index (χ2n) is 3.89. The van der Waals surface area contributed by atoms with Gasteiger partial charge >= 0.3 is 0 Å². The van der Waals surface area contributed by atoms with Crippen LogP contribution in [0.4, 0.5) is 5.69 Å². The highest BCUT2D eigenvalue weighted by Crippen LogP contribution is 2.08. The topological polar surface area (TPSA) is 67.2 Å². The number of carbonyl (C=O) groups is 1. The summed E-state index contributed by atoms with van der Waals surface area (Å²) >= 11 is 0. The molecule has 1 heterocycles. The first-order valence-electron chi connectivity index (χ1n) is 5.69. The lowest BCUT2D eigenvalue weighted by Crippen LogP contribution is -2.11. The Hall–Kier alpha value is -2.58. The Kier molecular flexibility index (Phi) is 3.96. The molecule has 0 radical (unpaired) electrons. The van der Waals surface area contributed by atoms with Gasteiger partial charge in [0.2, 0.25) is 0 Å². The van der Waals surface area contributed by atoms with Gasteiger partial charge in [-0.2, -0.15) is 5.10 Å². The molecule has 5 heteroatoms. The third-order valence-electron chi connectivity index (χ3n) is 2.42. The molecule has 0 atom stereocenters. The van der Waals surface area contributed by atoms with Crippen LogP contribution in [-0.2, 0) is 7.05 Å². The molecule has 0 aliphatic rings. The minimum absolute atomic E-state index is 0.177. The maximum Gasteiger partial charge on any atom is 0.255 e. The van der Waals surface area contributed by atoms with Crippen molar-refractivity contribution in [3.05, 3.63) is 47.8 Å². The van der Waals surface area contributed by atoms with Crippen LogP contribution >= 0.6 is 0 Å². The molecule has 0 bridgehead atoms. The lowest BCUT2D eigenvalue weighted by molar-refractivity contribution is 0.102. The van der Waals surface area contributed by atoms with Crippen molar-refractivity contribution in [2.75, 3.05) is 11.9 Å². The Balaban J connectivity index is 2.07. The summed E-state index contributed by atoms with van der Waals surface area (Å²) in [4.78, 5) is 11.9. The fraction of sp³-hybridized carbons (Fsp3) is 0.143. The van der Waals surface area contributed by atoms with Crippen LogP contribution in [0.25, 0.3) is 0 Å². The highest BCUT2D eigenvalue weighted by molar-refractivity contribution is 6.04. The van der Waals surface area contributed by atoms with Gasteiger partial charge in [-0.15, -0.1) is 0 Å². The van der Waals surface area contributed by atoms with Gasteiger partial charge in [0.15, 0.2) is 0 Å². The molecule has 0 unspecified atom stereocenters. The minimum Gasteiger partial charge on any atom is -0.384 e. The maximum atomic E-state index is 11.9. The molecule has 1 aromatic carbocycles. The molecule has 96 valence electrons. The van der Waals surface area contributed by atoms with Crippen LogP contribution in [-0.4, -0.2) is 27.4 Å². The van der Waals surface area contributed by atoms with Gasteiger partial charge in [0.1, 0.15) is 6.61 Å². The van der Waals surface area contributed by atoms with E-state index in [4.69, 9.17) is 5.11 Å². The highest BCUT2D eigenvalue weighted by atomic mass is 16.2. The molecular formula is C14H13N3O2.